The lowest BCUT2D eigenvalue weighted by Gasteiger charge is -2.14. The van der Waals surface area contributed by atoms with Crippen molar-refractivity contribution in [3.8, 4) is 17.2 Å². The predicted molar refractivity (Wildman–Crippen MR) is 116 cm³/mol. The molecule has 0 aliphatic rings. The van der Waals surface area contributed by atoms with Crippen LogP contribution in [-0.4, -0.2) is 38.0 Å². The molecular formula is C24H30O6. The highest BCUT2D eigenvalue weighted by molar-refractivity contribution is 5.90. The Balaban J connectivity index is 2.11. The Morgan fingerprint density at radius 2 is 1.73 bits per heavy atom. The first-order chi connectivity index (χ1) is 14.6. The van der Waals surface area contributed by atoms with E-state index in [1.807, 2.05) is 24.3 Å². The molecular weight excluding hydrogens is 384 g/mol. The topological polar surface area (TPSA) is 74.2 Å². The first-order valence-corrected chi connectivity index (χ1v) is 10.2. The molecule has 30 heavy (non-hydrogen) atoms. The minimum atomic E-state index is -1.11. The summed E-state index contributed by atoms with van der Waals surface area (Å²) in [5.74, 6) is 0.830. The molecule has 162 valence electrons. The van der Waals surface area contributed by atoms with Crippen molar-refractivity contribution in [2.75, 3.05) is 26.9 Å². The lowest BCUT2D eigenvalue weighted by atomic mass is 10.1. The van der Waals surface area contributed by atoms with Gasteiger partial charge in [0.05, 0.1) is 26.9 Å². The van der Waals surface area contributed by atoms with Crippen LogP contribution in [0, 0.1) is 0 Å². The first kappa shape index (κ1) is 23.1. The number of hydrogen-bond donors (Lipinski definition) is 1. The molecule has 0 aromatic heterocycles. The molecule has 0 saturated carbocycles. The molecule has 1 N–H and O–H groups in total. The Morgan fingerprint density at radius 1 is 1.00 bits per heavy atom. The maximum atomic E-state index is 11.3. The summed E-state index contributed by atoms with van der Waals surface area (Å²) in [6.07, 6.45) is 4.17. The van der Waals surface area contributed by atoms with Gasteiger partial charge in [-0.3, -0.25) is 0 Å². The van der Waals surface area contributed by atoms with E-state index in [1.165, 1.54) is 6.08 Å². The van der Waals surface area contributed by atoms with Crippen molar-refractivity contribution in [3.05, 3.63) is 59.4 Å². The number of hydrogen-bond acceptors (Lipinski definition) is 5. The van der Waals surface area contributed by atoms with Gasteiger partial charge in [-0.1, -0.05) is 31.5 Å². The van der Waals surface area contributed by atoms with Gasteiger partial charge in [-0.05, 0) is 54.8 Å². The second-order valence-electron chi connectivity index (χ2n) is 6.60. The zero-order chi connectivity index (χ0) is 21.8. The minimum absolute atomic E-state index is 0.106. The second-order valence-corrected chi connectivity index (χ2v) is 6.60. The molecule has 0 radical (unpaired) electrons. The van der Waals surface area contributed by atoms with Gasteiger partial charge in [-0.2, -0.15) is 0 Å². The van der Waals surface area contributed by atoms with Crippen LogP contribution >= 0.6 is 0 Å². The molecule has 0 heterocycles. The Morgan fingerprint density at radius 3 is 2.37 bits per heavy atom. The van der Waals surface area contributed by atoms with Crippen molar-refractivity contribution >= 4 is 12.0 Å². The smallest absolute Gasteiger partial charge is 0.371 e. The van der Waals surface area contributed by atoms with E-state index in [9.17, 15) is 9.90 Å². The minimum Gasteiger partial charge on any atom is -0.497 e. The lowest BCUT2D eigenvalue weighted by Crippen LogP contribution is -2.06. The third-order valence-corrected chi connectivity index (χ3v) is 4.34. The van der Waals surface area contributed by atoms with Crippen molar-refractivity contribution in [2.45, 2.75) is 33.1 Å². The Labute approximate surface area is 178 Å². The summed E-state index contributed by atoms with van der Waals surface area (Å²) in [5.41, 5.74) is 1.82. The number of carbonyl (C=O) groups is 1. The van der Waals surface area contributed by atoms with Gasteiger partial charge >= 0.3 is 5.97 Å². The fourth-order valence-corrected chi connectivity index (χ4v) is 2.72. The van der Waals surface area contributed by atoms with Crippen molar-refractivity contribution in [3.63, 3.8) is 0 Å². The number of carboxylic acids is 1. The van der Waals surface area contributed by atoms with Crippen LogP contribution in [0.1, 0.15) is 37.8 Å². The molecule has 0 aliphatic heterocycles. The lowest BCUT2D eigenvalue weighted by molar-refractivity contribution is -0.136. The largest absolute Gasteiger partial charge is 0.497 e. The molecule has 0 atom stereocenters. The molecule has 0 spiro atoms. The van der Waals surface area contributed by atoms with Gasteiger partial charge in [0.2, 0.25) is 5.76 Å². The van der Waals surface area contributed by atoms with Gasteiger partial charge in [-0.25, -0.2) is 4.79 Å². The number of rotatable bonds is 13. The number of ether oxygens (including phenoxy) is 4. The molecule has 2 rings (SSSR count). The average molecular weight is 414 g/mol. The van der Waals surface area contributed by atoms with Crippen LogP contribution in [0.5, 0.6) is 17.2 Å². The molecule has 0 aliphatic carbocycles. The van der Waals surface area contributed by atoms with E-state index < -0.39 is 5.97 Å². The van der Waals surface area contributed by atoms with Crippen molar-refractivity contribution < 1.29 is 28.8 Å². The zero-order valence-electron chi connectivity index (χ0n) is 17.8. The molecule has 6 nitrogen and oxygen atoms in total. The van der Waals surface area contributed by atoms with E-state index in [-0.39, 0.29) is 12.4 Å². The van der Waals surface area contributed by atoms with Gasteiger partial charge < -0.3 is 24.1 Å². The maximum absolute atomic E-state index is 11.3. The van der Waals surface area contributed by atoms with Gasteiger partial charge in [0.25, 0.3) is 0 Å². The van der Waals surface area contributed by atoms with Crippen LogP contribution in [-0.2, 0) is 16.0 Å². The summed E-state index contributed by atoms with van der Waals surface area (Å²) in [7, 11) is 1.64. The van der Waals surface area contributed by atoms with Crippen molar-refractivity contribution in [1.82, 2.24) is 0 Å². The average Bonchev–Trinajstić information content (AvgIpc) is 2.75. The van der Waals surface area contributed by atoms with Crippen LogP contribution in [0.25, 0.3) is 6.08 Å². The predicted octanol–water partition coefficient (Wildman–Crippen LogP) is 4.96. The third kappa shape index (κ3) is 7.35. The van der Waals surface area contributed by atoms with Gasteiger partial charge in [0.1, 0.15) is 5.75 Å². The van der Waals surface area contributed by atoms with Gasteiger partial charge in [0, 0.05) is 6.42 Å². The first-order valence-electron chi connectivity index (χ1n) is 10.2. The number of carboxylic acid groups (broad SMARTS) is 1. The SMILES string of the molecule is CCCCOc1cc(C=C(OCC)C(=O)O)ccc1OCCc1ccc(OC)cc1. The third-order valence-electron chi connectivity index (χ3n) is 4.34. The van der Waals surface area contributed by atoms with Crippen LogP contribution in [0.15, 0.2) is 48.2 Å². The molecule has 0 amide bonds. The van der Waals surface area contributed by atoms with Crippen molar-refractivity contribution in [1.29, 1.82) is 0 Å². The number of aliphatic carboxylic acids is 1. The zero-order valence-corrected chi connectivity index (χ0v) is 17.8. The highest BCUT2D eigenvalue weighted by Gasteiger charge is 2.11. The molecule has 2 aromatic carbocycles. The van der Waals surface area contributed by atoms with E-state index in [1.54, 1.807) is 32.2 Å². The summed E-state index contributed by atoms with van der Waals surface area (Å²) >= 11 is 0. The number of unbranched alkanes of at least 4 members (excludes halogenated alkanes) is 1. The normalized spacial score (nSPS) is 11.1. The summed E-state index contributed by atoms with van der Waals surface area (Å²) in [6.45, 7) is 5.18. The van der Waals surface area contributed by atoms with Crippen LogP contribution in [0.2, 0.25) is 0 Å². The second kappa shape index (κ2) is 12.4. The fraction of sp³-hybridized carbons (Fsp3) is 0.375. The summed E-state index contributed by atoms with van der Waals surface area (Å²) < 4.78 is 22.2. The highest BCUT2D eigenvalue weighted by atomic mass is 16.5. The Kier molecular flexibility index (Phi) is 9.58. The summed E-state index contributed by atoms with van der Waals surface area (Å²) in [4.78, 5) is 11.3. The molecule has 0 fully saturated rings. The van der Waals surface area contributed by atoms with E-state index >= 15 is 0 Å². The fourth-order valence-electron chi connectivity index (χ4n) is 2.72. The highest BCUT2D eigenvalue weighted by Crippen LogP contribution is 2.30. The Bertz CT molecular complexity index is 826. The van der Waals surface area contributed by atoms with E-state index in [0.717, 1.165) is 30.6 Å². The monoisotopic (exact) mass is 414 g/mol. The molecule has 0 saturated heterocycles. The standard InChI is InChI=1S/C24H30O6/c1-4-6-14-29-22-16-19(17-23(24(25)26)28-5-2)9-12-21(22)30-15-13-18-7-10-20(27-3)11-8-18/h7-12,16-17H,4-6,13-15H2,1-3H3,(H,25,26). The van der Waals surface area contributed by atoms with Crippen LogP contribution in [0.4, 0.5) is 0 Å². The van der Waals surface area contributed by atoms with E-state index in [4.69, 9.17) is 18.9 Å². The van der Waals surface area contributed by atoms with Gasteiger partial charge in [-0.15, -0.1) is 0 Å². The Hall–Kier alpha value is -3.15. The number of benzene rings is 2. The summed E-state index contributed by atoms with van der Waals surface area (Å²) in [5, 5.41) is 9.26. The van der Waals surface area contributed by atoms with Crippen molar-refractivity contribution in [2.24, 2.45) is 0 Å². The maximum Gasteiger partial charge on any atom is 0.371 e. The quantitative estimate of drug-likeness (QED) is 0.284. The molecule has 2 aromatic rings. The molecule has 0 bridgehead atoms. The van der Waals surface area contributed by atoms with Crippen LogP contribution in [0.3, 0.4) is 0 Å². The number of methoxy groups -OCH3 is 1. The molecule has 0 unspecified atom stereocenters. The van der Waals surface area contributed by atoms with E-state index in [0.29, 0.717) is 30.3 Å². The summed E-state index contributed by atoms with van der Waals surface area (Å²) in [6, 6.07) is 13.2. The molecule has 6 heteroatoms. The van der Waals surface area contributed by atoms with Gasteiger partial charge in [0.15, 0.2) is 11.5 Å². The van der Waals surface area contributed by atoms with Crippen LogP contribution < -0.4 is 14.2 Å². The van der Waals surface area contributed by atoms with E-state index in [2.05, 4.69) is 6.92 Å².